The average Bonchev–Trinajstić information content (AvgIpc) is 2.59. The second-order valence-corrected chi connectivity index (χ2v) is 6.58. The van der Waals surface area contributed by atoms with E-state index in [1.807, 2.05) is 0 Å². The zero-order valence-electron chi connectivity index (χ0n) is 10.6. The van der Waals surface area contributed by atoms with Gasteiger partial charge >= 0.3 is 0 Å². The predicted molar refractivity (Wildman–Crippen MR) is 66.0 cm³/mol. The molecule has 0 saturated heterocycles. The summed E-state index contributed by atoms with van der Waals surface area (Å²) in [5.74, 6) is 1.63. The van der Waals surface area contributed by atoms with Gasteiger partial charge in [0.25, 0.3) is 0 Å². The topological polar surface area (TPSA) is 20.2 Å². The average molecular weight is 218 g/mol. The van der Waals surface area contributed by atoms with Crippen LogP contribution in [0.3, 0.4) is 0 Å². The van der Waals surface area contributed by atoms with Crippen LogP contribution in [-0.2, 0) is 0 Å². The number of hydrogen-bond acceptors (Lipinski definition) is 1. The molecule has 88 valence electrons. The summed E-state index contributed by atoms with van der Waals surface area (Å²) in [7, 11) is 0. The number of allylic oxidation sites excluding steroid dienone is 2. The van der Waals surface area contributed by atoms with Crippen molar-refractivity contribution in [2.45, 2.75) is 40.0 Å². The highest BCUT2D eigenvalue weighted by Crippen LogP contribution is 2.71. The molecule has 2 fully saturated rings. The molecule has 16 heavy (non-hydrogen) atoms. The normalized spacial score (nSPS) is 44.0. The van der Waals surface area contributed by atoms with Gasteiger partial charge in [0, 0.05) is 0 Å². The van der Waals surface area contributed by atoms with E-state index < -0.39 is 0 Å². The van der Waals surface area contributed by atoms with Gasteiger partial charge in [-0.25, -0.2) is 0 Å². The van der Waals surface area contributed by atoms with Gasteiger partial charge in [-0.1, -0.05) is 38.5 Å². The molecule has 0 radical (unpaired) electrons. The molecule has 3 aliphatic rings. The lowest BCUT2D eigenvalue weighted by Gasteiger charge is -2.36. The summed E-state index contributed by atoms with van der Waals surface area (Å²) in [4.78, 5) is 0. The second-order valence-electron chi connectivity index (χ2n) is 6.58. The molecular formula is C15H22O. The first-order valence-electron chi connectivity index (χ1n) is 6.52. The Morgan fingerprint density at radius 1 is 1.38 bits per heavy atom. The summed E-state index contributed by atoms with van der Waals surface area (Å²) in [6.07, 6.45) is 8.44. The quantitative estimate of drug-likeness (QED) is 0.716. The molecule has 0 aliphatic heterocycles. The Labute approximate surface area is 98.2 Å². The van der Waals surface area contributed by atoms with E-state index in [-0.39, 0.29) is 6.61 Å². The largest absolute Gasteiger partial charge is 0.392 e. The zero-order chi connectivity index (χ0) is 11.6. The van der Waals surface area contributed by atoms with Crippen LogP contribution in [0.15, 0.2) is 23.3 Å². The molecule has 0 aromatic heterocycles. The monoisotopic (exact) mass is 218 g/mol. The molecule has 2 saturated carbocycles. The van der Waals surface area contributed by atoms with Crippen molar-refractivity contribution >= 4 is 0 Å². The Morgan fingerprint density at radius 2 is 2.12 bits per heavy atom. The van der Waals surface area contributed by atoms with Gasteiger partial charge in [0.05, 0.1) is 6.61 Å². The van der Waals surface area contributed by atoms with E-state index in [0.717, 1.165) is 23.8 Å². The van der Waals surface area contributed by atoms with Crippen molar-refractivity contribution in [3.8, 4) is 0 Å². The Kier molecular flexibility index (Phi) is 1.99. The molecule has 0 aromatic carbocycles. The van der Waals surface area contributed by atoms with Crippen molar-refractivity contribution in [2.75, 3.05) is 6.61 Å². The smallest absolute Gasteiger partial charge is 0.0678 e. The first-order valence-corrected chi connectivity index (χ1v) is 6.52. The molecule has 0 heterocycles. The molecule has 1 N–H and O–H groups in total. The third kappa shape index (κ3) is 1.01. The summed E-state index contributed by atoms with van der Waals surface area (Å²) in [5.41, 5.74) is 3.61. The van der Waals surface area contributed by atoms with Crippen LogP contribution in [0.5, 0.6) is 0 Å². The minimum atomic E-state index is 0.206. The summed E-state index contributed by atoms with van der Waals surface area (Å²) >= 11 is 0. The number of fused-ring (bicyclic) bond motifs is 5. The highest BCUT2D eigenvalue weighted by atomic mass is 16.3. The number of aliphatic hydroxyl groups excluding tert-OH is 1. The standard InChI is InChI=1S/C15H22O/c1-14(2)12-6-7-15(14,3)13-8-10(9-16)4-5-11(12)13/h4,8,11-12,16H,5-7,9H2,1-3H3. The minimum Gasteiger partial charge on any atom is -0.392 e. The zero-order valence-corrected chi connectivity index (χ0v) is 10.6. The van der Waals surface area contributed by atoms with Crippen LogP contribution in [0, 0.1) is 22.7 Å². The molecule has 0 aromatic rings. The van der Waals surface area contributed by atoms with Crippen molar-refractivity contribution in [1.29, 1.82) is 0 Å². The Morgan fingerprint density at radius 3 is 2.81 bits per heavy atom. The van der Waals surface area contributed by atoms with Gasteiger partial charge < -0.3 is 5.11 Å². The Balaban J connectivity index is 2.08. The van der Waals surface area contributed by atoms with Crippen LogP contribution in [0.2, 0.25) is 0 Å². The van der Waals surface area contributed by atoms with E-state index in [1.54, 1.807) is 5.57 Å². The molecule has 0 amide bonds. The summed E-state index contributed by atoms with van der Waals surface area (Å²) in [6.45, 7) is 7.54. The second kappa shape index (κ2) is 3.01. The van der Waals surface area contributed by atoms with Crippen molar-refractivity contribution < 1.29 is 5.11 Å². The maximum absolute atomic E-state index is 9.28. The summed E-state index contributed by atoms with van der Waals surface area (Å²) < 4.78 is 0. The molecule has 3 atom stereocenters. The van der Waals surface area contributed by atoms with E-state index in [2.05, 4.69) is 32.9 Å². The van der Waals surface area contributed by atoms with Crippen LogP contribution in [0.4, 0.5) is 0 Å². The lowest BCUT2D eigenvalue weighted by molar-refractivity contribution is 0.172. The lowest BCUT2D eigenvalue weighted by atomic mass is 9.68. The van der Waals surface area contributed by atoms with Crippen LogP contribution in [-0.4, -0.2) is 11.7 Å². The SMILES string of the molecule is CC12CCC(C3CC=C(CO)C=C31)C2(C)C. The van der Waals surface area contributed by atoms with Gasteiger partial charge in [-0.15, -0.1) is 0 Å². The maximum Gasteiger partial charge on any atom is 0.0678 e. The highest BCUT2D eigenvalue weighted by Gasteiger charge is 2.63. The van der Waals surface area contributed by atoms with Gasteiger partial charge in [0.1, 0.15) is 0 Å². The van der Waals surface area contributed by atoms with Gasteiger partial charge in [-0.3, -0.25) is 0 Å². The van der Waals surface area contributed by atoms with E-state index >= 15 is 0 Å². The third-order valence-corrected chi connectivity index (χ3v) is 5.98. The van der Waals surface area contributed by atoms with Gasteiger partial charge in [-0.05, 0) is 47.5 Å². The summed E-state index contributed by atoms with van der Waals surface area (Å²) in [5, 5.41) is 9.28. The van der Waals surface area contributed by atoms with Crippen LogP contribution in [0.25, 0.3) is 0 Å². The molecule has 3 unspecified atom stereocenters. The molecule has 1 nitrogen and oxygen atoms in total. The fourth-order valence-electron chi connectivity index (χ4n) is 4.59. The molecular weight excluding hydrogens is 196 g/mol. The number of hydrogen-bond donors (Lipinski definition) is 1. The number of aliphatic hydroxyl groups is 1. The van der Waals surface area contributed by atoms with Crippen LogP contribution in [0.1, 0.15) is 40.0 Å². The van der Waals surface area contributed by atoms with Crippen molar-refractivity contribution in [3.63, 3.8) is 0 Å². The van der Waals surface area contributed by atoms with E-state index in [4.69, 9.17) is 0 Å². The van der Waals surface area contributed by atoms with Crippen LogP contribution >= 0.6 is 0 Å². The van der Waals surface area contributed by atoms with E-state index in [1.165, 1.54) is 12.8 Å². The summed E-state index contributed by atoms with van der Waals surface area (Å²) in [6, 6.07) is 0. The minimum absolute atomic E-state index is 0.206. The van der Waals surface area contributed by atoms with Crippen molar-refractivity contribution in [2.24, 2.45) is 22.7 Å². The first-order chi connectivity index (χ1) is 7.50. The van der Waals surface area contributed by atoms with Crippen LogP contribution < -0.4 is 0 Å². The fourth-order valence-corrected chi connectivity index (χ4v) is 4.59. The number of rotatable bonds is 1. The third-order valence-electron chi connectivity index (χ3n) is 5.98. The Bertz CT molecular complexity index is 388. The predicted octanol–water partition coefficient (Wildman–Crippen LogP) is 3.31. The van der Waals surface area contributed by atoms with E-state index in [9.17, 15) is 5.11 Å². The maximum atomic E-state index is 9.28. The highest BCUT2D eigenvalue weighted by molar-refractivity contribution is 5.41. The van der Waals surface area contributed by atoms with Crippen molar-refractivity contribution in [3.05, 3.63) is 23.3 Å². The van der Waals surface area contributed by atoms with Gasteiger partial charge in [0.2, 0.25) is 0 Å². The molecule has 1 heteroatoms. The molecule has 0 spiro atoms. The molecule has 3 rings (SSSR count). The van der Waals surface area contributed by atoms with Gasteiger partial charge in [-0.2, -0.15) is 0 Å². The van der Waals surface area contributed by atoms with Gasteiger partial charge in [0.15, 0.2) is 0 Å². The molecule has 2 bridgehead atoms. The first kappa shape index (κ1) is 10.6. The molecule has 3 aliphatic carbocycles. The lowest BCUT2D eigenvalue weighted by Crippen LogP contribution is -2.28. The van der Waals surface area contributed by atoms with E-state index in [0.29, 0.717) is 10.8 Å². The fraction of sp³-hybridized carbons (Fsp3) is 0.733. The van der Waals surface area contributed by atoms with Crippen molar-refractivity contribution in [1.82, 2.24) is 0 Å². The Hall–Kier alpha value is -0.560.